The Labute approximate surface area is 135 Å². The molecule has 2 N–H and O–H groups in total. The van der Waals surface area contributed by atoms with E-state index in [4.69, 9.17) is 0 Å². The van der Waals surface area contributed by atoms with Crippen LogP contribution < -0.4 is 15.8 Å². The Morgan fingerprint density at radius 2 is 1.91 bits per heavy atom. The highest BCUT2D eigenvalue weighted by Gasteiger charge is 2.38. The van der Waals surface area contributed by atoms with Crippen molar-refractivity contribution in [1.82, 2.24) is 5.32 Å². The standard InChI is InChI=1S/C18H19N3O2/c1-12-8-9-16-14(10-12)15(11-17(22)19-2)18(23)21(16)20-13-6-4-3-5-7-13/h3-10,15,20H,11H2,1-2H3,(H,19,22). The molecular weight excluding hydrogens is 290 g/mol. The molecule has 1 atom stereocenters. The minimum absolute atomic E-state index is 0.113. The summed E-state index contributed by atoms with van der Waals surface area (Å²) in [6.45, 7) is 1.98. The number of rotatable bonds is 4. The molecule has 0 spiro atoms. The average Bonchev–Trinajstić information content (AvgIpc) is 2.81. The van der Waals surface area contributed by atoms with Gasteiger partial charge in [0.15, 0.2) is 0 Å². The number of para-hydroxylation sites is 1. The monoisotopic (exact) mass is 309 g/mol. The van der Waals surface area contributed by atoms with Gasteiger partial charge in [-0.3, -0.25) is 15.0 Å². The van der Waals surface area contributed by atoms with Crippen molar-refractivity contribution < 1.29 is 9.59 Å². The van der Waals surface area contributed by atoms with Gasteiger partial charge in [0.25, 0.3) is 5.91 Å². The fraction of sp³-hybridized carbons (Fsp3) is 0.222. The number of carbonyl (C=O) groups excluding carboxylic acids is 2. The maximum Gasteiger partial charge on any atom is 0.253 e. The summed E-state index contributed by atoms with van der Waals surface area (Å²) in [4.78, 5) is 24.6. The number of hydrazine groups is 1. The van der Waals surface area contributed by atoms with Crippen molar-refractivity contribution in [2.24, 2.45) is 0 Å². The quantitative estimate of drug-likeness (QED) is 0.912. The van der Waals surface area contributed by atoms with Crippen molar-refractivity contribution in [3.05, 3.63) is 59.7 Å². The first-order valence-electron chi connectivity index (χ1n) is 7.57. The van der Waals surface area contributed by atoms with Gasteiger partial charge in [-0.1, -0.05) is 35.9 Å². The largest absolute Gasteiger partial charge is 0.359 e. The Kier molecular flexibility index (Phi) is 4.02. The van der Waals surface area contributed by atoms with Crippen molar-refractivity contribution in [1.29, 1.82) is 0 Å². The van der Waals surface area contributed by atoms with Gasteiger partial charge in [-0.2, -0.15) is 0 Å². The number of benzene rings is 2. The number of fused-ring (bicyclic) bond motifs is 1. The van der Waals surface area contributed by atoms with Crippen molar-refractivity contribution in [2.75, 3.05) is 17.5 Å². The van der Waals surface area contributed by atoms with E-state index in [0.717, 1.165) is 22.5 Å². The Hall–Kier alpha value is -2.82. The molecule has 1 unspecified atom stereocenters. The van der Waals surface area contributed by atoms with Crippen LogP contribution in [0.1, 0.15) is 23.5 Å². The van der Waals surface area contributed by atoms with Crippen LogP contribution in [-0.4, -0.2) is 18.9 Å². The zero-order valence-electron chi connectivity index (χ0n) is 13.2. The zero-order chi connectivity index (χ0) is 16.4. The number of hydrogen-bond donors (Lipinski definition) is 2. The first-order chi connectivity index (χ1) is 11.1. The van der Waals surface area contributed by atoms with E-state index >= 15 is 0 Å². The van der Waals surface area contributed by atoms with E-state index in [9.17, 15) is 9.59 Å². The molecule has 2 aromatic rings. The number of hydrogen-bond acceptors (Lipinski definition) is 3. The third-order valence-electron chi connectivity index (χ3n) is 4.00. The third kappa shape index (κ3) is 2.90. The molecule has 1 aliphatic rings. The topological polar surface area (TPSA) is 61.4 Å². The first-order valence-corrected chi connectivity index (χ1v) is 7.57. The van der Waals surface area contributed by atoms with Gasteiger partial charge in [0.2, 0.25) is 5.91 Å². The second-order valence-electron chi connectivity index (χ2n) is 5.64. The molecule has 118 valence electrons. The Morgan fingerprint density at radius 3 is 2.61 bits per heavy atom. The minimum atomic E-state index is -0.457. The molecule has 23 heavy (non-hydrogen) atoms. The fourth-order valence-electron chi connectivity index (χ4n) is 2.81. The Bertz CT molecular complexity index is 743. The molecule has 0 aliphatic carbocycles. The van der Waals surface area contributed by atoms with Gasteiger partial charge >= 0.3 is 0 Å². The van der Waals surface area contributed by atoms with Crippen molar-refractivity contribution >= 4 is 23.2 Å². The van der Waals surface area contributed by atoms with Crippen LogP contribution in [0.2, 0.25) is 0 Å². The predicted molar refractivity (Wildman–Crippen MR) is 90.2 cm³/mol. The number of anilines is 2. The molecule has 2 aromatic carbocycles. The normalized spacial score (nSPS) is 16.2. The van der Waals surface area contributed by atoms with E-state index < -0.39 is 5.92 Å². The van der Waals surface area contributed by atoms with E-state index in [1.807, 2.05) is 55.5 Å². The SMILES string of the molecule is CNC(=O)CC1C(=O)N(Nc2ccccc2)c2ccc(C)cc21. The lowest BCUT2D eigenvalue weighted by atomic mass is 9.95. The van der Waals surface area contributed by atoms with E-state index in [-0.39, 0.29) is 18.2 Å². The van der Waals surface area contributed by atoms with Gasteiger partial charge in [0.1, 0.15) is 0 Å². The maximum atomic E-state index is 12.8. The summed E-state index contributed by atoms with van der Waals surface area (Å²) in [6.07, 6.45) is 0.152. The van der Waals surface area contributed by atoms with Crippen LogP contribution in [-0.2, 0) is 9.59 Å². The molecule has 0 saturated heterocycles. The molecule has 0 radical (unpaired) electrons. The number of nitrogens with one attached hydrogen (secondary N) is 2. The Morgan fingerprint density at radius 1 is 1.17 bits per heavy atom. The molecule has 3 rings (SSSR count). The summed E-state index contributed by atoms with van der Waals surface area (Å²) >= 11 is 0. The lowest BCUT2D eigenvalue weighted by Crippen LogP contribution is -2.35. The molecular formula is C18H19N3O2. The predicted octanol–water partition coefficient (Wildman–Crippen LogP) is 2.59. The van der Waals surface area contributed by atoms with E-state index in [1.54, 1.807) is 7.05 Å². The van der Waals surface area contributed by atoms with Crippen LogP contribution in [0.4, 0.5) is 11.4 Å². The second-order valence-corrected chi connectivity index (χ2v) is 5.64. The van der Waals surface area contributed by atoms with Crippen LogP contribution in [0.5, 0.6) is 0 Å². The van der Waals surface area contributed by atoms with E-state index in [1.165, 1.54) is 5.01 Å². The van der Waals surface area contributed by atoms with Gasteiger partial charge in [0, 0.05) is 13.5 Å². The van der Waals surface area contributed by atoms with Crippen molar-refractivity contribution in [3.63, 3.8) is 0 Å². The lowest BCUT2D eigenvalue weighted by molar-refractivity contribution is -0.125. The van der Waals surface area contributed by atoms with Crippen LogP contribution in [0.15, 0.2) is 48.5 Å². The number of amides is 2. The minimum Gasteiger partial charge on any atom is -0.359 e. The first kappa shape index (κ1) is 15.1. The zero-order valence-corrected chi connectivity index (χ0v) is 13.2. The fourth-order valence-corrected chi connectivity index (χ4v) is 2.81. The molecule has 5 heteroatoms. The van der Waals surface area contributed by atoms with Crippen LogP contribution in [0, 0.1) is 6.92 Å². The van der Waals surface area contributed by atoms with E-state index in [2.05, 4.69) is 10.7 Å². The van der Waals surface area contributed by atoms with Gasteiger partial charge in [-0.05, 0) is 30.7 Å². The van der Waals surface area contributed by atoms with Crippen LogP contribution >= 0.6 is 0 Å². The number of carbonyl (C=O) groups is 2. The smallest absolute Gasteiger partial charge is 0.253 e. The molecule has 0 fully saturated rings. The average molecular weight is 309 g/mol. The molecule has 2 amide bonds. The molecule has 5 nitrogen and oxygen atoms in total. The summed E-state index contributed by atoms with van der Waals surface area (Å²) in [5, 5.41) is 4.13. The van der Waals surface area contributed by atoms with Crippen LogP contribution in [0.3, 0.4) is 0 Å². The Balaban J connectivity index is 1.96. The molecule has 0 bridgehead atoms. The lowest BCUT2D eigenvalue weighted by Gasteiger charge is -2.20. The van der Waals surface area contributed by atoms with E-state index in [0.29, 0.717) is 0 Å². The third-order valence-corrected chi connectivity index (χ3v) is 4.00. The molecule has 1 heterocycles. The highest BCUT2D eigenvalue weighted by Crippen LogP contribution is 2.39. The second kappa shape index (κ2) is 6.12. The summed E-state index contributed by atoms with van der Waals surface area (Å²) in [7, 11) is 1.58. The summed E-state index contributed by atoms with van der Waals surface area (Å²) in [5.41, 5.74) is 6.73. The summed E-state index contributed by atoms with van der Waals surface area (Å²) < 4.78 is 0. The summed E-state index contributed by atoms with van der Waals surface area (Å²) in [6, 6.07) is 15.4. The van der Waals surface area contributed by atoms with Gasteiger partial charge in [-0.25, -0.2) is 5.01 Å². The number of nitrogens with zero attached hydrogens (tertiary/aromatic N) is 1. The van der Waals surface area contributed by atoms with Gasteiger partial charge in [-0.15, -0.1) is 0 Å². The maximum absolute atomic E-state index is 12.8. The van der Waals surface area contributed by atoms with Crippen LogP contribution in [0.25, 0.3) is 0 Å². The molecule has 1 aliphatic heterocycles. The molecule has 0 aromatic heterocycles. The van der Waals surface area contributed by atoms with Crippen molar-refractivity contribution in [2.45, 2.75) is 19.3 Å². The van der Waals surface area contributed by atoms with Gasteiger partial charge in [0.05, 0.1) is 17.3 Å². The number of aryl methyl sites for hydroxylation is 1. The van der Waals surface area contributed by atoms with Gasteiger partial charge < -0.3 is 5.32 Å². The van der Waals surface area contributed by atoms with Crippen molar-refractivity contribution in [3.8, 4) is 0 Å². The molecule has 0 saturated carbocycles. The summed E-state index contributed by atoms with van der Waals surface area (Å²) in [5.74, 6) is -0.712. The highest BCUT2D eigenvalue weighted by atomic mass is 16.2. The highest BCUT2D eigenvalue weighted by molar-refractivity contribution is 6.08.